The lowest BCUT2D eigenvalue weighted by Crippen LogP contribution is -2.42. The summed E-state index contributed by atoms with van der Waals surface area (Å²) in [4.78, 5) is 0. The van der Waals surface area contributed by atoms with Crippen LogP contribution in [-0.4, -0.2) is 22.5 Å². The smallest absolute Gasteiger partial charge is 0.0571 e. The summed E-state index contributed by atoms with van der Waals surface area (Å²) in [6.07, 6.45) is 1.21. The predicted molar refractivity (Wildman–Crippen MR) is 24.0 cm³/mol. The van der Waals surface area contributed by atoms with Gasteiger partial charge in [0.15, 0.2) is 0 Å². The molecule has 3 nitrogen and oxygen atoms in total. The minimum atomic E-state index is -0.176. The molecule has 1 aliphatic rings. The van der Waals surface area contributed by atoms with Gasteiger partial charge in [-0.15, -0.1) is 0 Å². The van der Waals surface area contributed by atoms with Crippen molar-refractivity contribution in [2.24, 2.45) is 0 Å². The first kappa shape index (κ1) is 5.03. The fourth-order valence-electron chi connectivity index (χ4n) is 0.693. The third kappa shape index (κ3) is 0.907. The van der Waals surface area contributed by atoms with Crippen LogP contribution in [0.15, 0.2) is 0 Å². The quantitative estimate of drug-likeness (QED) is 0.392. The number of hydrogen-bond donors (Lipinski definition) is 3. The fourth-order valence-corrected chi connectivity index (χ4v) is 0.693. The Hall–Kier alpha value is -0.120. The number of rotatable bonds is 1. The van der Waals surface area contributed by atoms with E-state index >= 15 is 0 Å². The average molecular weight is 103 g/mol. The van der Waals surface area contributed by atoms with Crippen molar-refractivity contribution >= 4 is 0 Å². The molecule has 3 N–H and O–H groups in total. The standard InChI is InChI=1S/C4H9NO2/c6-4-1-3(2-4)5-7/h3-7H,1-2H2. The third-order valence-corrected chi connectivity index (χ3v) is 1.30. The van der Waals surface area contributed by atoms with Gasteiger partial charge in [0.2, 0.25) is 0 Å². The van der Waals surface area contributed by atoms with E-state index in [1.165, 1.54) is 0 Å². The molecule has 0 radical (unpaired) electrons. The molecule has 0 aromatic heterocycles. The highest BCUT2D eigenvalue weighted by molar-refractivity contribution is 4.81. The molecule has 7 heavy (non-hydrogen) atoms. The lowest BCUT2D eigenvalue weighted by Gasteiger charge is -2.29. The zero-order valence-electron chi connectivity index (χ0n) is 3.96. The van der Waals surface area contributed by atoms with Crippen LogP contribution >= 0.6 is 0 Å². The van der Waals surface area contributed by atoms with E-state index in [1.54, 1.807) is 0 Å². The molecule has 0 heterocycles. The van der Waals surface area contributed by atoms with E-state index < -0.39 is 0 Å². The van der Waals surface area contributed by atoms with E-state index in [2.05, 4.69) is 5.48 Å². The predicted octanol–water partition coefficient (Wildman–Crippen LogP) is -0.512. The Morgan fingerprint density at radius 2 is 2.00 bits per heavy atom. The first-order valence-electron chi connectivity index (χ1n) is 2.40. The summed E-state index contributed by atoms with van der Waals surface area (Å²) in [7, 11) is 0. The van der Waals surface area contributed by atoms with Gasteiger partial charge in [0, 0.05) is 6.04 Å². The van der Waals surface area contributed by atoms with Crippen molar-refractivity contribution in [1.82, 2.24) is 5.48 Å². The Kier molecular flexibility index (Phi) is 1.27. The summed E-state index contributed by atoms with van der Waals surface area (Å²) < 4.78 is 0. The van der Waals surface area contributed by atoms with Crippen LogP contribution in [0.4, 0.5) is 0 Å². The number of aliphatic hydroxyl groups excluding tert-OH is 1. The molecule has 0 bridgehead atoms. The summed E-state index contributed by atoms with van der Waals surface area (Å²) >= 11 is 0. The van der Waals surface area contributed by atoms with Gasteiger partial charge in [0.1, 0.15) is 0 Å². The molecule has 0 spiro atoms. The first-order valence-corrected chi connectivity index (χ1v) is 2.40. The summed E-state index contributed by atoms with van der Waals surface area (Å²) in [5.74, 6) is 0. The summed E-state index contributed by atoms with van der Waals surface area (Å²) in [5.41, 5.74) is 2.07. The molecule has 0 unspecified atom stereocenters. The molecular formula is C4H9NO2. The zero-order valence-corrected chi connectivity index (χ0v) is 3.96. The fraction of sp³-hybridized carbons (Fsp3) is 1.00. The van der Waals surface area contributed by atoms with E-state index in [9.17, 15) is 0 Å². The number of nitrogens with one attached hydrogen (secondary N) is 1. The van der Waals surface area contributed by atoms with Crippen molar-refractivity contribution in [1.29, 1.82) is 0 Å². The zero-order chi connectivity index (χ0) is 5.28. The van der Waals surface area contributed by atoms with Gasteiger partial charge in [-0.25, -0.2) is 5.48 Å². The molecular weight excluding hydrogens is 94.0 g/mol. The van der Waals surface area contributed by atoms with Crippen molar-refractivity contribution in [3.05, 3.63) is 0 Å². The summed E-state index contributed by atoms with van der Waals surface area (Å²) in [6, 6.07) is 0.148. The molecule has 1 fully saturated rings. The molecule has 0 aromatic carbocycles. The molecule has 1 aliphatic carbocycles. The van der Waals surface area contributed by atoms with E-state index in [4.69, 9.17) is 10.3 Å². The minimum absolute atomic E-state index is 0.148. The van der Waals surface area contributed by atoms with Crippen molar-refractivity contribution in [2.75, 3.05) is 0 Å². The number of aliphatic hydroxyl groups is 1. The second-order valence-corrected chi connectivity index (χ2v) is 1.95. The largest absolute Gasteiger partial charge is 0.393 e. The van der Waals surface area contributed by atoms with Gasteiger partial charge >= 0.3 is 0 Å². The second-order valence-electron chi connectivity index (χ2n) is 1.95. The second kappa shape index (κ2) is 1.78. The van der Waals surface area contributed by atoms with Crippen LogP contribution in [0, 0.1) is 0 Å². The Bertz CT molecular complexity index is 60.7. The first-order chi connectivity index (χ1) is 3.33. The number of hydrogen-bond acceptors (Lipinski definition) is 3. The topological polar surface area (TPSA) is 52.5 Å². The maximum Gasteiger partial charge on any atom is 0.0571 e. The highest BCUT2D eigenvalue weighted by Gasteiger charge is 2.25. The Labute approximate surface area is 41.9 Å². The van der Waals surface area contributed by atoms with Crippen LogP contribution in [0.5, 0.6) is 0 Å². The van der Waals surface area contributed by atoms with Crippen LogP contribution < -0.4 is 5.48 Å². The maximum atomic E-state index is 8.60. The normalized spacial score (nSPS) is 40.3. The van der Waals surface area contributed by atoms with Gasteiger partial charge in [0.25, 0.3) is 0 Å². The van der Waals surface area contributed by atoms with Gasteiger partial charge < -0.3 is 10.3 Å². The minimum Gasteiger partial charge on any atom is -0.393 e. The molecule has 3 heteroatoms. The van der Waals surface area contributed by atoms with Crippen molar-refractivity contribution in [2.45, 2.75) is 25.0 Å². The molecule has 1 saturated carbocycles. The Balaban J connectivity index is 2.06. The van der Waals surface area contributed by atoms with Gasteiger partial charge in [-0.05, 0) is 12.8 Å². The van der Waals surface area contributed by atoms with Crippen LogP contribution in [0.3, 0.4) is 0 Å². The van der Waals surface area contributed by atoms with Crippen molar-refractivity contribution in [3.8, 4) is 0 Å². The summed E-state index contributed by atoms with van der Waals surface area (Å²) in [6.45, 7) is 0. The highest BCUT2D eigenvalue weighted by atomic mass is 16.5. The van der Waals surface area contributed by atoms with E-state index in [1.807, 2.05) is 0 Å². The van der Waals surface area contributed by atoms with Crippen molar-refractivity contribution in [3.63, 3.8) is 0 Å². The van der Waals surface area contributed by atoms with Gasteiger partial charge in [-0.2, -0.15) is 0 Å². The Morgan fingerprint density at radius 3 is 2.14 bits per heavy atom. The van der Waals surface area contributed by atoms with Crippen LogP contribution in [0.25, 0.3) is 0 Å². The molecule has 0 aliphatic heterocycles. The third-order valence-electron chi connectivity index (χ3n) is 1.30. The van der Waals surface area contributed by atoms with Gasteiger partial charge in [-0.1, -0.05) is 0 Å². The maximum absolute atomic E-state index is 8.60. The molecule has 0 amide bonds. The lowest BCUT2D eigenvalue weighted by molar-refractivity contribution is 0.000900. The van der Waals surface area contributed by atoms with E-state index in [-0.39, 0.29) is 12.1 Å². The average Bonchev–Trinajstić information content (AvgIpc) is 1.58. The van der Waals surface area contributed by atoms with Crippen molar-refractivity contribution < 1.29 is 10.3 Å². The van der Waals surface area contributed by atoms with Crippen LogP contribution in [-0.2, 0) is 0 Å². The highest BCUT2D eigenvalue weighted by Crippen LogP contribution is 2.17. The Morgan fingerprint density at radius 1 is 1.43 bits per heavy atom. The van der Waals surface area contributed by atoms with Crippen LogP contribution in [0.1, 0.15) is 12.8 Å². The molecule has 0 aromatic rings. The molecule has 0 saturated heterocycles. The molecule has 1 rings (SSSR count). The lowest BCUT2D eigenvalue weighted by atomic mass is 9.90. The summed E-state index contributed by atoms with van der Waals surface area (Å²) in [5, 5.41) is 16.7. The molecule has 42 valence electrons. The monoisotopic (exact) mass is 103 g/mol. The molecule has 0 atom stereocenters. The van der Waals surface area contributed by atoms with E-state index in [0.29, 0.717) is 12.8 Å². The van der Waals surface area contributed by atoms with E-state index in [0.717, 1.165) is 0 Å². The van der Waals surface area contributed by atoms with Gasteiger partial charge in [-0.3, -0.25) is 0 Å². The van der Waals surface area contributed by atoms with Gasteiger partial charge in [0.05, 0.1) is 6.10 Å². The van der Waals surface area contributed by atoms with Crippen LogP contribution in [0.2, 0.25) is 0 Å². The SMILES string of the molecule is ONC1CC(O)C1. The number of hydroxylamine groups is 1.